The zero-order valence-electron chi connectivity index (χ0n) is 11.9. The maximum Gasteiger partial charge on any atom is 0.159 e. The van der Waals surface area contributed by atoms with Crippen molar-refractivity contribution in [1.82, 2.24) is 0 Å². The Kier molecular flexibility index (Phi) is 5.62. The molecule has 2 N–H and O–H groups in total. The second kappa shape index (κ2) is 7.27. The van der Waals surface area contributed by atoms with Gasteiger partial charge in [-0.05, 0) is 48.4 Å². The molecule has 2 aromatic rings. The van der Waals surface area contributed by atoms with E-state index in [0.29, 0.717) is 27.8 Å². The van der Waals surface area contributed by atoms with Crippen LogP contribution in [-0.4, -0.2) is 13.7 Å². The van der Waals surface area contributed by atoms with E-state index >= 15 is 0 Å². The molecule has 2 aromatic carbocycles. The van der Waals surface area contributed by atoms with Gasteiger partial charge < -0.3 is 10.5 Å². The van der Waals surface area contributed by atoms with Crippen LogP contribution >= 0.6 is 23.2 Å². The van der Waals surface area contributed by atoms with Crippen LogP contribution in [0.2, 0.25) is 10.0 Å². The smallest absolute Gasteiger partial charge is 0.159 e. The summed E-state index contributed by atoms with van der Waals surface area (Å²) in [6.45, 7) is 0.284. The normalized spacial score (nSPS) is 12.3. The van der Waals surface area contributed by atoms with E-state index in [-0.39, 0.29) is 12.5 Å². The Morgan fingerprint density at radius 1 is 1.09 bits per heavy atom. The molecule has 0 heterocycles. The first-order valence-electron chi connectivity index (χ1n) is 6.63. The van der Waals surface area contributed by atoms with Gasteiger partial charge in [0, 0.05) is 5.92 Å². The maximum atomic E-state index is 13.4. The van der Waals surface area contributed by atoms with Gasteiger partial charge in [0.2, 0.25) is 0 Å². The predicted octanol–water partition coefficient (Wildman–Crippen LogP) is 4.57. The summed E-state index contributed by atoms with van der Waals surface area (Å²) in [5.41, 5.74) is 7.24. The molecule has 0 saturated heterocycles. The number of nitrogens with two attached hydrogens (primary N) is 1. The number of benzene rings is 2. The molecule has 0 aliphatic carbocycles. The fraction of sp³-hybridized carbons (Fsp3) is 0.250. The van der Waals surface area contributed by atoms with Crippen LogP contribution in [0.25, 0.3) is 0 Å². The fourth-order valence-corrected chi connectivity index (χ4v) is 3.00. The minimum atomic E-state index is -0.887. The lowest BCUT2D eigenvalue weighted by Crippen LogP contribution is -2.15. The molecule has 0 bridgehead atoms. The predicted molar refractivity (Wildman–Crippen MR) is 84.9 cm³/mol. The van der Waals surface area contributed by atoms with Crippen LogP contribution in [0, 0.1) is 11.6 Å². The summed E-state index contributed by atoms with van der Waals surface area (Å²) in [6, 6.07) is 7.26. The van der Waals surface area contributed by atoms with Gasteiger partial charge in [-0.2, -0.15) is 0 Å². The number of hydrogen-bond acceptors (Lipinski definition) is 2. The molecule has 22 heavy (non-hydrogen) atoms. The maximum absolute atomic E-state index is 13.4. The van der Waals surface area contributed by atoms with Gasteiger partial charge in [0.25, 0.3) is 0 Å². The van der Waals surface area contributed by atoms with E-state index in [4.69, 9.17) is 33.7 Å². The van der Waals surface area contributed by atoms with Crippen molar-refractivity contribution in [3.05, 3.63) is 63.1 Å². The summed E-state index contributed by atoms with van der Waals surface area (Å²) >= 11 is 12.2. The van der Waals surface area contributed by atoms with Crippen molar-refractivity contribution in [2.45, 2.75) is 12.3 Å². The molecule has 1 atom stereocenters. The van der Waals surface area contributed by atoms with E-state index in [2.05, 4.69) is 0 Å². The molecule has 0 aliphatic heterocycles. The molecule has 2 nitrogen and oxygen atoms in total. The van der Waals surface area contributed by atoms with Crippen molar-refractivity contribution in [2.24, 2.45) is 5.73 Å². The second-order valence-corrected chi connectivity index (χ2v) is 5.72. The highest BCUT2D eigenvalue weighted by Crippen LogP contribution is 2.35. The summed E-state index contributed by atoms with van der Waals surface area (Å²) < 4.78 is 31.5. The van der Waals surface area contributed by atoms with E-state index in [1.165, 1.54) is 19.2 Å². The van der Waals surface area contributed by atoms with Gasteiger partial charge in [-0.25, -0.2) is 8.78 Å². The molecular weight excluding hydrogens is 331 g/mol. The Labute approximate surface area is 137 Å². The standard InChI is InChI=1S/C16H15Cl2F2NO/c1-22-16-12(17)5-9(6-13(16)18)4-11(8-21)10-2-3-14(19)15(20)7-10/h2-3,5-7,11H,4,8,21H2,1H3. The molecule has 0 fully saturated rings. The third-order valence-electron chi connectivity index (χ3n) is 3.44. The summed E-state index contributed by atoms with van der Waals surface area (Å²) in [5.74, 6) is -1.53. The van der Waals surface area contributed by atoms with Crippen LogP contribution in [0.3, 0.4) is 0 Å². The van der Waals surface area contributed by atoms with Crippen LogP contribution in [0.4, 0.5) is 8.78 Å². The van der Waals surface area contributed by atoms with E-state index in [0.717, 1.165) is 11.6 Å². The van der Waals surface area contributed by atoms with Crippen molar-refractivity contribution in [2.75, 3.05) is 13.7 Å². The van der Waals surface area contributed by atoms with Crippen molar-refractivity contribution >= 4 is 23.2 Å². The largest absolute Gasteiger partial charge is 0.494 e. The van der Waals surface area contributed by atoms with E-state index in [9.17, 15) is 8.78 Å². The average Bonchev–Trinajstić information content (AvgIpc) is 2.47. The summed E-state index contributed by atoms with van der Waals surface area (Å²) in [5, 5.41) is 0.789. The van der Waals surface area contributed by atoms with Gasteiger partial charge in [0.05, 0.1) is 17.2 Å². The number of rotatable bonds is 5. The third-order valence-corrected chi connectivity index (χ3v) is 4.01. The lowest BCUT2D eigenvalue weighted by Gasteiger charge is -2.17. The quantitative estimate of drug-likeness (QED) is 0.861. The Morgan fingerprint density at radius 2 is 1.73 bits per heavy atom. The first-order valence-corrected chi connectivity index (χ1v) is 7.38. The summed E-state index contributed by atoms with van der Waals surface area (Å²) in [6.07, 6.45) is 0.505. The minimum Gasteiger partial charge on any atom is -0.494 e. The van der Waals surface area contributed by atoms with Crippen molar-refractivity contribution in [3.63, 3.8) is 0 Å². The topological polar surface area (TPSA) is 35.2 Å². The van der Waals surface area contributed by atoms with E-state index in [1.54, 1.807) is 12.1 Å². The van der Waals surface area contributed by atoms with Crippen LogP contribution < -0.4 is 10.5 Å². The average molecular weight is 346 g/mol. The highest BCUT2D eigenvalue weighted by molar-refractivity contribution is 6.37. The SMILES string of the molecule is COc1c(Cl)cc(CC(CN)c2ccc(F)c(F)c2)cc1Cl. The summed E-state index contributed by atoms with van der Waals surface area (Å²) in [7, 11) is 1.48. The lowest BCUT2D eigenvalue weighted by atomic mass is 9.92. The fourth-order valence-electron chi connectivity index (χ4n) is 2.31. The molecule has 1 unspecified atom stereocenters. The number of hydrogen-bond donors (Lipinski definition) is 1. The second-order valence-electron chi connectivity index (χ2n) is 4.90. The first kappa shape index (κ1) is 17.0. The van der Waals surface area contributed by atoms with Gasteiger partial charge >= 0.3 is 0 Å². The van der Waals surface area contributed by atoms with Crippen molar-refractivity contribution in [3.8, 4) is 5.75 Å². The van der Waals surface area contributed by atoms with E-state index < -0.39 is 11.6 Å². The molecule has 0 aromatic heterocycles. The Bertz CT molecular complexity index is 656. The van der Waals surface area contributed by atoms with Gasteiger partial charge in [0.15, 0.2) is 17.4 Å². The van der Waals surface area contributed by atoms with Crippen LogP contribution in [-0.2, 0) is 6.42 Å². The Balaban J connectivity index is 2.28. The molecule has 0 saturated carbocycles. The highest BCUT2D eigenvalue weighted by atomic mass is 35.5. The first-order chi connectivity index (χ1) is 10.5. The van der Waals surface area contributed by atoms with Gasteiger partial charge in [-0.1, -0.05) is 29.3 Å². The monoisotopic (exact) mass is 345 g/mol. The number of methoxy groups -OCH3 is 1. The number of ether oxygens (including phenoxy) is 1. The molecule has 0 aliphatic rings. The van der Waals surface area contributed by atoms with Crippen molar-refractivity contribution in [1.29, 1.82) is 0 Å². The molecule has 6 heteroatoms. The molecule has 0 spiro atoms. The lowest BCUT2D eigenvalue weighted by molar-refractivity contribution is 0.415. The third kappa shape index (κ3) is 3.69. The van der Waals surface area contributed by atoms with Gasteiger partial charge in [0.1, 0.15) is 0 Å². The summed E-state index contributed by atoms with van der Waals surface area (Å²) in [4.78, 5) is 0. The Morgan fingerprint density at radius 3 is 2.23 bits per heavy atom. The van der Waals surface area contributed by atoms with Crippen LogP contribution in [0.5, 0.6) is 5.75 Å². The zero-order valence-corrected chi connectivity index (χ0v) is 13.4. The molecule has 2 rings (SSSR count). The molecular formula is C16H15Cl2F2NO. The molecule has 0 amide bonds. The van der Waals surface area contributed by atoms with E-state index in [1.807, 2.05) is 0 Å². The van der Waals surface area contributed by atoms with Gasteiger partial charge in [-0.3, -0.25) is 0 Å². The minimum absolute atomic E-state index is 0.171. The zero-order chi connectivity index (χ0) is 16.3. The van der Waals surface area contributed by atoms with Crippen LogP contribution in [0.15, 0.2) is 30.3 Å². The Hall–Kier alpha value is -1.36. The molecule has 118 valence electrons. The van der Waals surface area contributed by atoms with Crippen molar-refractivity contribution < 1.29 is 13.5 Å². The van der Waals surface area contributed by atoms with Crippen LogP contribution in [0.1, 0.15) is 17.0 Å². The number of halogens is 4. The van der Waals surface area contributed by atoms with Gasteiger partial charge in [-0.15, -0.1) is 0 Å². The molecule has 0 radical (unpaired) electrons. The highest BCUT2D eigenvalue weighted by Gasteiger charge is 2.16.